The summed E-state index contributed by atoms with van der Waals surface area (Å²) in [7, 11) is -3.33. The number of allylic oxidation sites excluding steroid dienone is 1. The molecule has 0 aromatic carbocycles. The maximum Gasteiger partial charge on any atom is 0.354 e. The van der Waals surface area contributed by atoms with Gasteiger partial charge in [0.2, 0.25) is 0 Å². The lowest BCUT2D eigenvalue weighted by molar-refractivity contribution is -0.117. The molecule has 0 heterocycles. The van der Waals surface area contributed by atoms with Gasteiger partial charge >= 0.3 is 7.60 Å². The summed E-state index contributed by atoms with van der Waals surface area (Å²) in [4.78, 5) is 11.4. The van der Waals surface area contributed by atoms with E-state index in [4.69, 9.17) is 9.05 Å². The molecular weight excluding hydrogens is 239 g/mol. The topological polar surface area (TPSA) is 52.6 Å². The third-order valence-corrected chi connectivity index (χ3v) is 3.65. The van der Waals surface area contributed by atoms with Crippen LogP contribution in [0.4, 0.5) is 0 Å². The van der Waals surface area contributed by atoms with Crippen LogP contribution < -0.4 is 0 Å². The third kappa shape index (κ3) is 7.48. The molecule has 0 aromatic rings. The van der Waals surface area contributed by atoms with Gasteiger partial charge in [0.15, 0.2) is 5.78 Å². The van der Waals surface area contributed by atoms with Crippen molar-refractivity contribution < 1.29 is 18.4 Å². The summed E-state index contributed by atoms with van der Waals surface area (Å²) in [6.07, 6.45) is 0.840. The fourth-order valence-electron chi connectivity index (χ4n) is 1.04. The minimum atomic E-state index is -3.33. The van der Waals surface area contributed by atoms with Crippen molar-refractivity contribution >= 4 is 13.4 Å². The molecule has 0 radical (unpaired) electrons. The number of carbonyl (C=O) groups excluding carboxylic acids is 1. The minimum absolute atomic E-state index is 0.0927. The van der Waals surface area contributed by atoms with Crippen molar-refractivity contribution in [3.8, 4) is 0 Å². The van der Waals surface area contributed by atoms with Gasteiger partial charge in [-0.3, -0.25) is 9.36 Å². The van der Waals surface area contributed by atoms with Crippen LogP contribution in [-0.4, -0.2) is 18.0 Å². The average Bonchev–Trinajstić information content (AvgIpc) is 2.11. The predicted molar refractivity (Wildman–Crippen MR) is 69.0 cm³/mol. The van der Waals surface area contributed by atoms with E-state index >= 15 is 0 Å². The Bertz CT molecular complexity index is 304. The molecule has 17 heavy (non-hydrogen) atoms. The van der Waals surface area contributed by atoms with E-state index in [1.165, 1.54) is 11.9 Å². The summed E-state index contributed by atoms with van der Waals surface area (Å²) < 4.78 is 22.8. The van der Waals surface area contributed by atoms with Gasteiger partial charge in [0.05, 0.1) is 12.2 Å². The third-order valence-electron chi connectivity index (χ3n) is 1.71. The Morgan fingerprint density at radius 2 is 1.41 bits per heavy atom. The summed E-state index contributed by atoms with van der Waals surface area (Å²) in [6.45, 7) is 10.7. The second kappa shape index (κ2) is 7.10. The Morgan fingerprint density at radius 1 is 1.00 bits per heavy atom. The molecule has 0 aliphatic heterocycles. The monoisotopic (exact) mass is 262 g/mol. The first-order valence-electron chi connectivity index (χ1n) is 5.86. The van der Waals surface area contributed by atoms with Gasteiger partial charge in [0.25, 0.3) is 0 Å². The molecule has 0 aromatic heterocycles. The first-order valence-corrected chi connectivity index (χ1v) is 7.47. The van der Waals surface area contributed by atoms with Crippen LogP contribution in [0, 0.1) is 5.92 Å². The molecule has 0 bridgehead atoms. The van der Waals surface area contributed by atoms with E-state index in [0.717, 1.165) is 0 Å². The Morgan fingerprint density at radius 3 is 1.71 bits per heavy atom. The first kappa shape index (κ1) is 16.6. The van der Waals surface area contributed by atoms with E-state index in [-0.39, 0.29) is 23.9 Å². The summed E-state index contributed by atoms with van der Waals surface area (Å²) in [5.41, 5.74) is 0. The number of hydrogen-bond donors (Lipinski definition) is 0. The van der Waals surface area contributed by atoms with Crippen LogP contribution in [0.3, 0.4) is 0 Å². The van der Waals surface area contributed by atoms with E-state index in [1.54, 1.807) is 41.5 Å². The van der Waals surface area contributed by atoms with Gasteiger partial charge in [-0.15, -0.1) is 0 Å². The highest BCUT2D eigenvalue weighted by Crippen LogP contribution is 2.52. The van der Waals surface area contributed by atoms with Crippen molar-refractivity contribution in [3.63, 3.8) is 0 Å². The van der Waals surface area contributed by atoms with Crippen molar-refractivity contribution in [2.45, 2.75) is 53.8 Å². The van der Waals surface area contributed by atoms with Crippen molar-refractivity contribution in [3.05, 3.63) is 11.9 Å². The standard InChI is InChI=1S/C12H23O4P/c1-9(2)12(13)7-8-17(14,15-10(3)4)16-11(5)6/h7-11H,1-6H3. The molecule has 0 fully saturated rings. The van der Waals surface area contributed by atoms with Gasteiger partial charge in [-0.1, -0.05) is 13.8 Å². The van der Waals surface area contributed by atoms with Crippen molar-refractivity contribution in [1.82, 2.24) is 0 Å². The van der Waals surface area contributed by atoms with Gasteiger partial charge in [-0.25, -0.2) is 0 Å². The Labute approximate surface area is 104 Å². The summed E-state index contributed by atoms with van der Waals surface area (Å²) in [5.74, 6) is 1.04. The van der Waals surface area contributed by atoms with Crippen LogP contribution in [0.2, 0.25) is 0 Å². The van der Waals surface area contributed by atoms with Gasteiger partial charge < -0.3 is 9.05 Å². The van der Waals surface area contributed by atoms with E-state index in [9.17, 15) is 9.36 Å². The molecule has 0 rings (SSSR count). The molecule has 0 spiro atoms. The molecular formula is C12H23O4P. The van der Waals surface area contributed by atoms with Gasteiger partial charge in [0.1, 0.15) is 0 Å². The Kier molecular flexibility index (Phi) is 6.91. The number of hydrogen-bond acceptors (Lipinski definition) is 4. The molecule has 0 N–H and O–H groups in total. The predicted octanol–water partition coefficient (Wildman–Crippen LogP) is 3.77. The van der Waals surface area contributed by atoms with Gasteiger partial charge in [-0.2, -0.15) is 0 Å². The lowest BCUT2D eigenvalue weighted by Gasteiger charge is -2.19. The van der Waals surface area contributed by atoms with Crippen molar-refractivity contribution in [1.29, 1.82) is 0 Å². The molecule has 4 nitrogen and oxygen atoms in total. The van der Waals surface area contributed by atoms with E-state index in [1.807, 2.05) is 0 Å². The lowest BCUT2D eigenvalue weighted by atomic mass is 10.1. The van der Waals surface area contributed by atoms with Crippen LogP contribution in [0.25, 0.3) is 0 Å². The summed E-state index contributed by atoms with van der Waals surface area (Å²) >= 11 is 0. The highest BCUT2D eigenvalue weighted by atomic mass is 31.2. The fraction of sp³-hybridized carbons (Fsp3) is 0.750. The zero-order valence-corrected chi connectivity index (χ0v) is 12.4. The molecule has 0 unspecified atom stereocenters. The number of ketones is 1. The van der Waals surface area contributed by atoms with Gasteiger partial charge in [0, 0.05) is 11.7 Å². The van der Waals surface area contributed by atoms with Crippen LogP contribution in [0.1, 0.15) is 41.5 Å². The highest BCUT2D eigenvalue weighted by molar-refractivity contribution is 7.57. The second-order valence-electron chi connectivity index (χ2n) is 4.72. The molecule has 0 amide bonds. The number of rotatable bonds is 7. The zero-order chi connectivity index (χ0) is 13.6. The highest BCUT2D eigenvalue weighted by Gasteiger charge is 2.24. The molecule has 0 aliphatic rings. The van der Waals surface area contributed by atoms with E-state index in [0.29, 0.717) is 0 Å². The molecule has 0 atom stereocenters. The van der Waals surface area contributed by atoms with Crippen molar-refractivity contribution in [2.24, 2.45) is 5.92 Å². The quantitative estimate of drug-likeness (QED) is 0.517. The van der Waals surface area contributed by atoms with Crippen LogP contribution in [0.5, 0.6) is 0 Å². The van der Waals surface area contributed by atoms with Gasteiger partial charge in [-0.05, 0) is 33.8 Å². The molecule has 0 saturated carbocycles. The smallest absolute Gasteiger partial charge is 0.303 e. The zero-order valence-electron chi connectivity index (χ0n) is 11.5. The summed E-state index contributed by atoms with van der Waals surface area (Å²) in [5, 5.41) is 0. The first-order chi connectivity index (χ1) is 7.66. The van der Waals surface area contributed by atoms with E-state index < -0.39 is 7.60 Å². The maximum absolute atomic E-state index is 12.3. The fourth-order valence-corrected chi connectivity index (χ4v) is 2.74. The average molecular weight is 262 g/mol. The molecule has 0 aliphatic carbocycles. The minimum Gasteiger partial charge on any atom is -0.303 e. The van der Waals surface area contributed by atoms with Crippen LogP contribution in [0.15, 0.2) is 11.9 Å². The van der Waals surface area contributed by atoms with Crippen LogP contribution >= 0.6 is 7.60 Å². The Balaban J connectivity index is 4.82. The Hall–Kier alpha value is -0.440. The second-order valence-corrected chi connectivity index (χ2v) is 6.52. The number of carbonyl (C=O) groups is 1. The molecule has 5 heteroatoms. The molecule has 100 valence electrons. The lowest BCUT2D eigenvalue weighted by Crippen LogP contribution is -2.07. The SMILES string of the molecule is CC(C)OP(=O)(C=CC(=O)C(C)C)OC(C)C. The normalized spacial score (nSPS) is 13.2. The molecule has 0 saturated heterocycles. The largest absolute Gasteiger partial charge is 0.354 e. The maximum atomic E-state index is 12.3. The van der Waals surface area contributed by atoms with Crippen molar-refractivity contribution in [2.75, 3.05) is 0 Å². The van der Waals surface area contributed by atoms with E-state index in [2.05, 4.69) is 0 Å². The summed E-state index contributed by atoms with van der Waals surface area (Å²) in [6, 6.07) is 0. The van der Waals surface area contributed by atoms with Crippen LogP contribution in [-0.2, 0) is 18.4 Å².